The molecule has 0 aliphatic rings. The lowest BCUT2D eigenvalue weighted by molar-refractivity contribution is -0.139. The van der Waals surface area contributed by atoms with Crippen molar-refractivity contribution >= 4 is 28.5 Å². The molecular weight excluding hydrogens is 335 g/mol. The molecule has 1 heterocycles. The van der Waals surface area contributed by atoms with Crippen molar-refractivity contribution in [3.63, 3.8) is 0 Å². The molecule has 24 heavy (non-hydrogen) atoms. The molecule has 0 fully saturated rings. The minimum Gasteiger partial charge on any atom is -0.480 e. The first-order valence-electron chi connectivity index (χ1n) is 7.06. The van der Waals surface area contributed by atoms with Crippen LogP contribution in [-0.2, 0) is 11.2 Å². The van der Waals surface area contributed by atoms with Crippen LogP contribution in [0, 0.1) is 5.82 Å². The van der Waals surface area contributed by atoms with Crippen molar-refractivity contribution in [2.45, 2.75) is 6.42 Å². The SMILES string of the molecule is O=C(O)COc1ccc(F)c2cnc(Cc3ccc(Cl)cc3)nc12. The van der Waals surface area contributed by atoms with E-state index >= 15 is 0 Å². The summed E-state index contributed by atoms with van der Waals surface area (Å²) in [5.74, 6) is -0.946. The highest BCUT2D eigenvalue weighted by atomic mass is 35.5. The molecule has 0 unspecified atom stereocenters. The molecule has 0 atom stereocenters. The number of aliphatic carboxylic acids is 1. The smallest absolute Gasteiger partial charge is 0.341 e. The van der Waals surface area contributed by atoms with Gasteiger partial charge in [0.05, 0.1) is 5.39 Å². The van der Waals surface area contributed by atoms with Gasteiger partial charge < -0.3 is 9.84 Å². The predicted molar refractivity (Wildman–Crippen MR) is 86.9 cm³/mol. The first-order chi connectivity index (χ1) is 11.5. The number of aromatic nitrogens is 2. The van der Waals surface area contributed by atoms with Gasteiger partial charge in [0, 0.05) is 17.6 Å². The Morgan fingerprint density at radius 2 is 1.96 bits per heavy atom. The molecule has 7 heteroatoms. The Morgan fingerprint density at radius 1 is 1.21 bits per heavy atom. The van der Waals surface area contributed by atoms with Crippen LogP contribution in [0.1, 0.15) is 11.4 Å². The van der Waals surface area contributed by atoms with E-state index in [4.69, 9.17) is 21.4 Å². The van der Waals surface area contributed by atoms with Gasteiger partial charge >= 0.3 is 5.97 Å². The van der Waals surface area contributed by atoms with Crippen LogP contribution in [0.3, 0.4) is 0 Å². The summed E-state index contributed by atoms with van der Waals surface area (Å²) in [6.07, 6.45) is 1.80. The van der Waals surface area contributed by atoms with Crippen molar-refractivity contribution in [3.05, 3.63) is 64.8 Å². The molecular formula is C17H12ClFN2O3. The highest BCUT2D eigenvalue weighted by Gasteiger charge is 2.12. The number of fused-ring (bicyclic) bond motifs is 1. The Balaban J connectivity index is 1.97. The Labute approximate surface area is 141 Å². The number of ether oxygens (including phenoxy) is 1. The Hall–Kier alpha value is -2.73. The van der Waals surface area contributed by atoms with Gasteiger partial charge in [-0.1, -0.05) is 23.7 Å². The topological polar surface area (TPSA) is 72.3 Å². The van der Waals surface area contributed by atoms with Crippen LogP contribution in [0.5, 0.6) is 5.75 Å². The van der Waals surface area contributed by atoms with E-state index in [9.17, 15) is 9.18 Å². The number of carbonyl (C=O) groups is 1. The van der Waals surface area contributed by atoms with E-state index in [-0.39, 0.29) is 16.7 Å². The molecule has 0 saturated heterocycles. The van der Waals surface area contributed by atoms with E-state index in [1.54, 1.807) is 12.1 Å². The van der Waals surface area contributed by atoms with Crippen LogP contribution in [0.15, 0.2) is 42.6 Å². The highest BCUT2D eigenvalue weighted by molar-refractivity contribution is 6.30. The van der Waals surface area contributed by atoms with Gasteiger partial charge in [-0.05, 0) is 29.8 Å². The zero-order valence-corrected chi connectivity index (χ0v) is 13.1. The van der Waals surface area contributed by atoms with Crippen LogP contribution in [0.2, 0.25) is 5.02 Å². The van der Waals surface area contributed by atoms with Gasteiger partial charge in [-0.25, -0.2) is 19.2 Å². The number of hydrogen-bond donors (Lipinski definition) is 1. The van der Waals surface area contributed by atoms with Gasteiger partial charge in [-0.3, -0.25) is 0 Å². The standard InChI is InChI=1S/C17H12ClFN2O3/c18-11-3-1-10(2-4-11)7-15-20-8-12-13(19)5-6-14(17(12)21-15)24-9-16(22)23/h1-6,8H,7,9H2,(H,22,23). The van der Waals surface area contributed by atoms with Crippen LogP contribution in [0.25, 0.3) is 10.9 Å². The van der Waals surface area contributed by atoms with Gasteiger partial charge in [-0.15, -0.1) is 0 Å². The Bertz CT molecular complexity index is 900. The largest absolute Gasteiger partial charge is 0.480 e. The zero-order chi connectivity index (χ0) is 17.1. The Morgan fingerprint density at radius 3 is 2.67 bits per heavy atom. The summed E-state index contributed by atoms with van der Waals surface area (Å²) in [6.45, 7) is -0.531. The second-order valence-corrected chi connectivity index (χ2v) is 5.52. The molecule has 2 aromatic carbocycles. The lowest BCUT2D eigenvalue weighted by Crippen LogP contribution is -2.10. The minimum atomic E-state index is -1.12. The number of nitrogens with zero attached hydrogens (tertiary/aromatic N) is 2. The number of rotatable bonds is 5. The fraction of sp³-hybridized carbons (Fsp3) is 0.118. The van der Waals surface area contributed by atoms with Crippen molar-refractivity contribution < 1.29 is 19.0 Å². The third kappa shape index (κ3) is 3.60. The normalized spacial score (nSPS) is 10.8. The highest BCUT2D eigenvalue weighted by Crippen LogP contribution is 2.26. The average Bonchev–Trinajstić information content (AvgIpc) is 2.56. The van der Waals surface area contributed by atoms with Gasteiger partial charge in [0.1, 0.15) is 22.9 Å². The maximum atomic E-state index is 13.9. The molecule has 0 radical (unpaired) electrons. The zero-order valence-electron chi connectivity index (χ0n) is 12.4. The summed E-state index contributed by atoms with van der Waals surface area (Å²) < 4.78 is 19.1. The van der Waals surface area contributed by atoms with E-state index in [1.807, 2.05) is 12.1 Å². The molecule has 3 aromatic rings. The maximum absolute atomic E-state index is 13.9. The number of halogens is 2. The molecule has 0 spiro atoms. The van der Waals surface area contributed by atoms with E-state index in [2.05, 4.69) is 9.97 Å². The van der Waals surface area contributed by atoms with Gasteiger partial charge in [-0.2, -0.15) is 0 Å². The first-order valence-corrected chi connectivity index (χ1v) is 7.44. The van der Waals surface area contributed by atoms with Crippen LogP contribution in [0.4, 0.5) is 4.39 Å². The maximum Gasteiger partial charge on any atom is 0.341 e. The number of carboxylic acids is 1. The molecule has 122 valence electrons. The second kappa shape index (κ2) is 6.80. The number of benzene rings is 2. The fourth-order valence-electron chi connectivity index (χ4n) is 2.22. The lowest BCUT2D eigenvalue weighted by atomic mass is 10.1. The van der Waals surface area contributed by atoms with Crippen molar-refractivity contribution in [1.29, 1.82) is 0 Å². The Kier molecular flexibility index (Phi) is 4.57. The van der Waals surface area contributed by atoms with E-state index in [0.29, 0.717) is 17.3 Å². The van der Waals surface area contributed by atoms with Crippen molar-refractivity contribution in [3.8, 4) is 5.75 Å². The fourth-order valence-corrected chi connectivity index (χ4v) is 2.35. The molecule has 3 rings (SSSR count). The van der Waals surface area contributed by atoms with Crippen LogP contribution in [-0.4, -0.2) is 27.7 Å². The summed E-state index contributed by atoms with van der Waals surface area (Å²) in [5, 5.41) is 9.54. The molecule has 1 N–H and O–H groups in total. The van der Waals surface area contributed by atoms with E-state index in [0.717, 1.165) is 5.56 Å². The van der Waals surface area contributed by atoms with Crippen LogP contribution >= 0.6 is 11.6 Å². The lowest BCUT2D eigenvalue weighted by Gasteiger charge is -2.09. The second-order valence-electron chi connectivity index (χ2n) is 5.08. The summed E-state index contributed by atoms with van der Waals surface area (Å²) in [7, 11) is 0. The first kappa shape index (κ1) is 16.1. The third-order valence-electron chi connectivity index (χ3n) is 3.34. The molecule has 0 aliphatic heterocycles. The van der Waals surface area contributed by atoms with Crippen molar-refractivity contribution in [2.75, 3.05) is 6.61 Å². The quantitative estimate of drug-likeness (QED) is 0.765. The summed E-state index contributed by atoms with van der Waals surface area (Å²) in [6, 6.07) is 9.78. The minimum absolute atomic E-state index is 0.178. The number of hydrogen-bond acceptors (Lipinski definition) is 4. The van der Waals surface area contributed by atoms with E-state index < -0.39 is 18.4 Å². The molecule has 5 nitrogen and oxygen atoms in total. The molecule has 0 aliphatic carbocycles. The molecule has 0 saturated carbocycles. The average molecular weight is 347 g/mol. The summed E-state index contributed by atoms with van der Waals surface area (Å²) in [4.78, 5) is 19.2. The molecule has 0 bridgehead atoms. The summed E-state index contributed by atoms with van der Waals surface area (Å²) in [5.41, 5.74) is 1.19. The number of carboxylic acid groups (broad SMARTS) is 1. The van der Waals surface area contributed by atoms with Gasteiger partial charge in [0.2, 0.25) is 0 Å². The predicted octanol–water partition coefficient (Wildman–Crippen LogP) is 3.48. The third-order valence-corrected chi connectivity index (χ3v) is 3.59. The van der Waals surface area contributed by atoms with Crippen LogP contribution < -0.4 is 4.74 Å². The molecule has 0 amide bonds. The van der Waals surface area contributed by atoms with Gasteiger partial charge in [0.15, 0.2) is 6.61 Å². The summed E-state index contributed by atoms with van der Waals surface area (Å²) >= 11 is 5.85. The van der Waals surface area contributed by atoms with Crippen molar-refractivity contribution in [1.82, 2.24) is 9.97 Å². The van der Waals surface area contributed by atoms with Gasteiger partial charge in [0.25, 0.3) is 0 Å². The van der Waals surface area contributed by atoms with Crippen molar-refractivity contribution in [2.24, 2.45) is 0 Å². The molecule has 1 aromatic heterocycles. The monoisotopic (exact) mass is 346 g/mol. The van der Waals surface area contributed by atoms with E-state index in [1.165, 1.54) is 18.3 Å².